The highest BCUT2D eigenvalue weighted by Crippen LogP contribution is 2.52. The van der Waals surface area contributed by atoms with Crippen molar-refractivity contribution in [2.75, 3.05) is 20.1 Å². The van der Waals surface area contributed by atoms with Gasteiger partial charge in [0.2, 0.25) is 11.8 Å². The molecule has 9 heteroatoms. The predicted molar refractivity (Wildman–Crippen MR) is 123 cm³/mol. The van der Waals surface area contributed by atoms with Gasteiger partial charge in [0, 0.05) is 45.3 Å². The Morgan fingerprint density at radius 2 is 1.88 bits per heavy atom. The van der Waals surface area contributed by atoms with Crippen LogP contribution in [0.2, 0.25) is 0 Å². The molecule has 33 heavy (non-hydrogen) atoms. The molecule has 1 aliphatic heterocycles. The number of carbonyl (C=O) groups is 2. The number of nitrogens with zero attached hydrogens (tertiary/aromatic N) is 5. The third-order valence-electron chi connectivity index (χ3n) is 6.98. The number of pyridine rings is 1. The number of carbonyl (C=O) groups excluding carboxylic acids is 2. The van der Waals surface area contributed by atoms with Gasteiger partial charge in [0.1, 0.15) is 11.6 Å². The summed E-state index contributed by atoms with van der Waals surface area (Å²) in [5, 5.41) is 6.53. The average molecular weight is 448 g/mol. The van der Waals surface area contributed by atoms with Crippen LogP contribution in [0.4, 0.5) is 0 Å². The van der Waals surface area contributed by atoms with Crippen LogP contribution in [0.1, 0.15) is 24.2 Å². The molecular formula is C24H29N7O2. The first kappa shape index (κ1) is 21.4. The summed E-state index contributed by atoms with van der Waals surface area (Å²) < 4.78 is 1.93. The Balaban J connectivity index is 1.07. The van der Waals surface area contributed by atoms with E-state index in [9.17, 15) is 9.59 Å². The number of allylic oxidation sites excluding steroid dienone is 2. The van der Waals surface area contributed by atoms with Crippen molar-refractivity contribution in [2.45, 2.75) is 26.3 Å². The number of aliphatic imine (C=N–C) groups is 1. The maximum Gasteiger partial charge on any atom is 0.233 e. The zero-order chi connectivity index (χ0) is 22.9. The first-order valence-electron chi connectivity index (χ1n) is 11.5. The number of likely N-dealkylation sites (tertiary alicyclic amines) is 1. The van der Waals surface area contributed by atoms with E-state index in [4.69, 9.17) is 0 Å². The molecule has 2 N–H and O–H groups in total. The molecule has 172 valence electrons. The molecule has 2 fully saturated rings. The van der Waals surface area contributed by atoms with Gasteiger partial charge < -0.3 is 10.6 Å². The second-order valence-corrected chi connectivity index (χ2v) is 8.90. The average Bonchev–Trinajstić information content (AvgIpc) is 3.60. The Hall–Kier alpha value is -3.49. The van der Waals surface area contributed by atoms with Crippen molar-refractivity contribution >= 4 is 17.8 Å². The van der Waals surface area contributed by atoms with Gasteiger partial charge in [0.15, 0.2) is 5.96 Å². The van der Waals surface area contributed by atoms with E-state index in [1.165, 1.54) is 4.90 Å². The molecule has 4 unspecified atom stereocenters. The molecule has 3 heterocycles. The van der Waals surface area contributed by atoms with Crippen LogP contribution in [0.25, 0.3) is 5.82 Å². The maximum absolute atomic E-state index is 12.8. The summed E-state index contributed by atoms with van der Waals surface area (Å²) in [5.74, 6) is 2.71. The SMILES string of the molecule is CN=C(NCCCN1C(=O)C2C3C=CC(C3)C2C1=O)NCc1ccc(-n2ccnc2C)nc1. The summed E-state index contributed by atoms with van der Waals surface area (Å²) in [7, 11) is 1.72. The van der Waals surface area contributed by atoms with Gasteiger partial charge in [-0.15, -0.1) is 0 Å². The fraction of sp³-hybridized carbons (Fsp3) is 0.458. The minimum atomic E-state index is -0.118. The van der Waals surface area contributed by atoms with Crippen LogP contribution in [0.15, 0.2) is 47.9 Å². The first-order valence-corrected chi connectivity index (χ1v) is 11.5. The molecule has 2 aromatic rings. The van der Waals surface area contributed by atoms with Crippen molar-refractivity contribution < 1.29 is 9.59 Å². The van der Waals surface area contributed by atoms with Crippen molar-refractivity contribution in [2.24, 2.45) is 28.7 Å². The van der Waals surface area contributed by atoms with Gasteiger partial charge in [-0.3, -0.25) is 24.0 Å². The highest BCUT2D eigenvalue weighted by atomic mass is 16.2. The van der Waals surface area contributed by atoms with Crippen LogP contribution in [0.3, 0.4) is 0 Å². The van der Waals surface area contributed by atoms with Crippen molar-refractivity contribution in [1.82, 2.24) is 30.1 Å². The number of aryl methyl sites for hydroxylation is 1. The van der Waals surface area contributed by atoms with E-state index in [2.05, 4.69) is 37.7 Å². The van der Waals surface area contributed by atoms with Gasteiger partial charge in [0.25, 0.3) is 0 Å². The van der Waals surface area contributed by atoms with Gasteiger partial charge >= 0.3 is 0 Å². The quantitative estimate of drug-likeness (QED) is 0.219. The highest BCUT2D eigenvalue weighted by Gasteiger charge is 2.58. The van der Waals surface area contributed by atoms with E-state index in [-0.39, 0.29) is 35.5 Å². The van der Waals surface area contributed by atoms with E-state index < -0.39 is 0 Å². The highest BCUT2D eigenvalue weighted by molar-refractivity contribution is 6.06. The molecule has 2 amide bonds. The van der Waals surface area contributed by atoms with Gasteiger partial charge in [-0.05, 0) is 43.2 Å². The van der Waals surface area contributed by atoms with Crippen LogP contribution in [0.5, 0.6) is 0 Å². The zero-order valence-corrected chi connectivity index (χ0v) is 18.9. The standard InChI is InChI=1S/C24H29N7O2/c1-15-26-9-11-30(15)19-7-4-16(13-28-19)14-29-24(25-2)27-8-3-10-31-22(32)20-17-5-6-18(12-17)21(20)23(31)33/h4-7,9,11,13,17-18,20-21H,3,8,10,12,14H2,1-2H3,(H2,25,27,29). The van der Waals surface area contributed by atoms with E-state index in [0.717, 1.165) is 23.6 Å². The first-order chi connectivity index (χ1) is 16.1. The lowest BCUT2D eigenvalue weighted by Crippen LogP contribution is -2.39. The van der Waals surface area contributed by atoms with Gasteiger partial charge in [-0.1, -0.05) is 18.2 Å². The molecule has 0 aromatic carbocycles. The normalized spacial score (nSPS) is 25.8. The molecule has 3 aliphatic rings. The smallest absolute Gasteiger partial charge is 0.233 e. The van der Waals surface area contributed by atoms with E-state index in [1.807, 2.05) is 36.0 Å². The molecule has 2 aliphatic carbocycles. The van der Waals surface area contributed by atoms with Crippen LogP contribution in [-0.4, -0.2) is 57.3 Å². The number of imidazole rings is 1. The van der Waals surface area contributed by atoms with Crippen molar-refractivity contribution in [1.29, 1.82) is 0 Å². The van der Waals surface area contributed by atoms with Crippen molar-refractivity contribution in [3.63, 3.8) is 0 Å². The molecule has 0 spiro atoms. The predicted octanol–water partition coefficient (Wildman–Crippen LogP) is 1.44. The third kappa shape index (κ3) is 3.92. The lowest BCUT2D eigenvalue weighted by molar-refractivity contribution is -0.140. The Morgan fingerprint density at radius 3 is 2.48 bits per heavy atom. The van der Waals surface area contributed by atoms with E-state index in [0.29, 0.717) is 32.0 Å². The van der Waals surface area contributed by atoms with Crippen LogP contribution in [0, 0.1) is 30.6 Å². The Kier molecular flexibility index (Phi) is 5.70. The minimum Gasteiger partial charge on any atom is -0.356 e. The van der Waals surface area contributed by atoms with Gasteiger partial charge in [0.05, 0.1) is 11.8 Å². The summed E-state index contributed by atoms with van der Waals surface area (Å²) in [6.45, 7) is 3.59. The second kappa shape index (κ2) is 8.80. The summed E-state index contributed by atoms with van der Waals surface area (Å²) in [5.41, 5.74) is 1.03. The topological polar surface area (TPSA) is 105 Å². The molecule has 2 bridgehead atoms. The molecule has 1 saturated carbocycles. The number of hydrogen-bond acceptors (Lipinski definition) is 5. The summed E-state index contributed by atoms with van der Waals surface area (Å²) in [6.07, 6.45) is 11.4. The number of guanidine groups is 1. The summed E-state index contributed by atoms with van der Waals surface area (Å²) >= 11 is 0. The molecular weight excluding hydrogens is 418 g/mol. The van der Waals surface area contributed by atoms with E-state index >= 15 is 0 Å². The molecule has 1 saturated heterocycles. The monoisotopic (exact) mass is 447 g/mol. The molecule has 2 aromatic heterocycles. The number of aromatic nitrogens is 3. The van der Waals surface area contributed by atoms with Gasteiger partial charge in [-0.25, -0.2) is 9.97 Å². The number of nitrogens with one attached hydrogen (secondary N) is 2. The third-order valence-corrected chi connectivity index (χ3v) is 6.98. The Labute approximate surface area is 193 Å². The number of amides is 2. The molecule has 9 nitrogen and oxygen atoms in total. The van der Waals surface area contributed by atoms with Crippen molar-refractivity contribution in [3.8, 4) is 5.82 Å². The summed E-state index contributed by atoms with van der Waals surface area (Å²) in [6, 6.07) is 3.98. The van der Waals surface area contributed by atoms with Crippen LogP contribution < -0.4 is 10.6 Å². The lowest BCUT2D eigenvalue weighted by atomic mass is 9.85. The van der Waals surface area contributed by atoms with Gasteiger partial charge in [-0.2, -0.15) is 0 Å². The number of fused-ring (bicyclic) bond motifs is 5. The maximum atomic E-state index is 12.8. The Bertz CT molecular complexity index is 1070. The van der Waals surface area contributed by atoms with Crippen LogP contribution >= 0.6 is 0 Å². The number of rotatable bonds is 7. The van der Waals surface area contributed by atoms with Crippen LogP contribution in [-0.2, 0) is 16.1 Å². The Morgan fingerprint density at radius 1 is 1.12 bits per heavy atom. The molecule has 4 atom stereocenters. The molecule has 0 radical (unpaired) electrons. The molecule has 5 rings (SSSR count). The largest absolute Gasteiger partial charge is 0.356 e. The summed E-state index contributed by atoms with van der Waals surface area (Å²) in [4.78, 5) is 40.0. The number of imide groups is 1. The second-order valence-electron chi connectivity index (χ2n) is 8.90. The zero-order valence-electron chi connectivity index (χ0n) is 18.9. The van der Waals surface area contributed by atoms with Crippen molar-refractivity contribution in [3.05, 3.63) is 54.3 Å². The minimum absolute atomic E-state index is 0.0196. The van der Waals surface area contributed by atoms with E-state index in [1.54, 1.807) is 13.2 Å². The fourth-order valence-corrected chi connectivity index (χ4v) is 5.32. The number of hydrogen-bond donors (Lipinski definition) is 2. The fourth-order valence-electron chi connectivity index (χ4n) is 5.32. The lowest BCUT2D eigenvalue weighted by Gasteiger charge is -2.18.